The van der Waals surface area contributed by atoms with Crippen LogP contribution in [0.15, 0.2) is 6.20 Å². The van der Waals surface area contributed by atoms with Gasteiger partial charge in [-0.25, -0.2) is 9.18 Å². The van der Waals surface area contributed by atoms with Crippen LogP contribution in [-0.4, -0.2) is 44.7 Å². The molecular formula is C11H15FN4O5. The van der Waals surface area contributed by atoms with Crippen molar-refractivity contribution in [2.45, 2.75) is 31.2 Å². The number of hydrogen-bond donors (Lipinski definition) is 2. The molecule has 1 amide bonds. The van der Waals surface area contributed by atoms with Crippen LogP contribution < -0.4 is 5.32 Å². The summed E-state index contributed by atoms with van der Waals surface area (Å²) in [4.78, 5) is 21.0. The number of ether oxygens (including phenoxy) is 1. The van der Waals surface area contributed by atoms with E-state index in [1.807, 2.05) is 0 Å². The number of hydrogen-bond acceptors (Lipinski definition) is 5. The lowest BCUT2D eigenvalue weighted by Gasteiger charge is -2.16. The Balaban J connectivity index is 2.18. The molecule has 1 aliphatic rings. The van der Waals surface area contributed by atoms with Gasteiger partial charge in [-0.05, 0) is 12.8 Å². The quantitative estimate of drug-likeness (QED) is 0.638. The maximum Gasteiger partial charge on any atom is 0.404 e. The van der Waals surface area contributed by atoms with E-state index in [1.54, 1.807) is 0 Å². The Morgan fingerprint density at radius 2 is 2.38 bits per heavy atom. The first-order valence-corrected chi connectivity index (χ1v) is 6.31. The first-order chi connectivity index (χ1) is 9.90. The Morgan fingerprint density at radius 3 is 3.00 bits per heavy atom. The van der Waals surface area contributed by atoms with Crippen LogP contribution in [0.25, 0.3) is 0 Å². The molecule has 21 heavy (non-hydrogen) atoms. The predicted molar refractivity (Wildman–Crippen MR) is 67.6 cm³/mol. The smallest absolute Gasteiger partial charge is 0.404 e. The lowest BCUT2D eigenvalue weighted by Crippen LogP contribution is -2.41. The molecular weight excluding hydrogens is 287 g/mol. The summed E-state index contributed by atoms with van der Waals surface area (Å²) < 4.78 is 20.5. The number of amides is 1. The number of carbonyl (C=O) groups is 1. The summed E-state index contributed by atoms with van der Waals surface area (Å²) in [7, 11) is 1.54. The van der Waals surface area contributed by atoms with Crippen LogP contribution >= 0.6 is 0 Å². The minimum absolute atomic E-state index is 0.181. The first-order valence-electron chi connectivity index (χ1n) is 6.31. The third kappa shape index (κ3) is 3.27. The van der Waals surface area contributed by atoms with Crippen LogP contribution in [0.2, 0.25) is 0 Å². The largest absolute Gasteiger partial charge is 0.465 e. The predicted octanol–water partition coefficient (Wildman–Crippen LogP) is 1.15. The Labute approximate surface area is 118 Å². The standard InChI is InChI=1S/C11H15FN4O5/c1-15-10(8(4-13-15)16(19)20)9-3-2-7(14-11(17)18)6(12)5-21-9/h4,6-7,9,14H,2-3,5H2,1H3,(H,17,18)/t6-,7?,9?/m0/s1. The van der Waals surface area contributed by atoms with Gasteiger partial charge in [0.2, 0.25) is 0 Å². The van der Waals surface area contributed by atoms with Crippen molar-refractivity contribution in [2.24, 2.45) is 7.05 Å². The molecule has 1 aromatic rings. The maximum absolute atomic E-state index is 13.8. The van der Waals surface area contributed by atoms with Crippen molar-refractivity contribution in [3.8, 4) is 0 Å². The fraction of sp³-hybridized carbons (Fsp3) is 0.636. The van der Waals surface area contributed by atoms with Gasteiger partial charge in [0.05, 0.1) is 17.6 Å². The highest BCUT2D eigenvalue weighted by molar-refractivity contribution is 5.64. The lowest BCUT2D eigenvalue weighted by molar-refractivity contribution is -0.386. The zero-order valence-corrected chi connectivity index (χ0v) is 11.2. The van der Waals surface area contributed by atoms with Crippen LogP contribution in [0.5, 0.6) is 0 Å². The molecule has 0 saturated carbocycles. The molecule has 2 N–H and O–H groups in total. The maximum atomic E-state index is 13.8. The van der Waals surface area contributed by atoms with E-state index in [0.29, 0.717) is 0 Å². The van der Waals surface area contributed by atoms with Crippen molar-refractivity contribution in [1.82, 2.24) is 15.1 Å². The molecule has 10 heteroatoms. The number of aromatic nitrogens is 2. The van der Waals surface area contributed by atoms with Gasteiger partial charge in [0.25, 0.3) is 0 Å². The summed E-state index contributed by atoms with van der Waals surface area (Å²) in [5.74, 6) is 0. The van der Waals surface area contributed by atoms with Gasteiger partial charge in [-0.1, -0.05) is 0 Å². The summed E-state index contributed by atoms with van der Waals surface area (Å²) in [6.45, 7) is -0.335. The summed E-state index contributed by atoms with van der Waals surface area (Å²) in [5.41, 5.74) is 0.0609. The van der Waals surface area contributed by atoms with Crippen molar-refractivity contribution >= 4 is 11.8 Å². The summed E-state index contributed by atoms with van der Waals surface area (Å²) in [6, 6.07) is -0.889. The Morgan fingerprint density at radius 1 is 1.67 bits per heavy atom. The molecule has 1 saturated heterocycles. The topological polar surface area (TPSA) is 120 Å². The van der Waals surface area contributed by atoms with E-state index in [4.69, 9.17) is 9.84 Å². The molecule has 1 aromatic heterocycles. The van der Waals surface area contributed by atoms with E-state index in [2.05, 4.69) is 10.4 Å². The van der Waals surface area contributed by atoms with Crippen molar-refractivity contribution < 1.29 is 24.0 Å². The van der Waals surface area contributed by atoms with Gasteiger partial charge < -0.3 is 15.2 Å². The third-order valence-electron chi connectivity index (χ3n) is 3.41. The molecule has 116 valence electrons. The molecule has 1 aliphatic heterocycles. The normalized spacial score (nSPS) is 26.1. The second-order valence-corrected chi connectivity index (χ2v) is 4.77. The fourth-order valence-corrected chi connectivity index (χ4v) is 2.41. The molecule has 0 radical (unpaired) electrons. The van der Waals surface area contributed by atoms with Crippen molar-refractivity contribution in [2.75, 3.05) is 6.61 Å². The number of nitrogens with zero attached hydrogens (tertiary/aromatic N) is 3. The highest BCUT2D eigenvalue weighted by Crippen LogP contribution is 2.33. The Hall–Kier alpha value is -2.23. The van der Waals surface area contributed by atoms with Crippen molar-refractivity contribution in [1.29, 1.82) is 0 Å². The summed E-state index contributed by atoms with van der Waals surface area (Å²) >= 11 is 0. The van der Waals surface area contributed by atoms with Gasteiger partial charge in [0.15, 0.2) is 0 Å². The van der Waals surface area contributed by atoms with Crippen molar-refractivity contribution in [3.05, 3.63) is 22.0 Å². The van der Waals surface area contributed by atoms with E-state index < -0.39 is 29.3 Å². The highest BCUT2D eigenvalue weighted by atomic mass is 19.1. The highest BCUT2D eigenvalue weighted by Gasteiger charge is 2.34. The molecule has 3 atom stereocenters. The molecule has 0 aliphatic carbocycles. The lowest BCUT2D eigenvalue weighted by atomic mass is 10.0. The molecule has 2 rings (SSSR count). The second kappa shape index (κ2) is 6.04. The number of nitrogens with one attached hydrogen (secondary N) is 1. The van der Waals surface area contributed by atoms with Gasteiger partial charge in [-0.15, -0.1) is 0 Å². The first kappa shape index (κ1) is 15.2. The van der Waals surface area contributed by atoms with Crippen LogP contribution in [0.1, 0.15) is 24.6 Å². The molecule has 9 nitrogen and oxygen atoms in total. The summed E-state index contributed by atoms with van der Waals surface area (Å²) in [5, 5.41) is 25.6. The minimum Gasteiger partial charge on any atom is -0.465 e. The van der Waals surface area contributed by atoms with Crippen LogP contribution in [0.3, 0.4) is 0 Å². The van der Waals surface area contributed by atoms with Gasteiger partial charge in [0, 0.05) is 7.05 Å². The minimum atomic E-state index is -1.50. The number of carboxylic acid groups (broad SMARTS) is 1. The fourth-order valence-electron chi connectivity index (χ4n) is 2.41. The number of halogens is 1. The SMILES string of the molecule is Cn1ncc([N+](=O)[O-])c1C1CCC(NC(=O)O)[C@@H](F)CO1. The zero-order valence-electron chi connectivity index (χ0n) is 11.2. The number of alkyl halides is 1. The Kier molecular flexibility index (Phi) is 4.36. The average molecular weight is 302 g/mol. The van der Waals surface area contributed by atoms with Crippen LogP contribution in [-0.2, 0) is 11.8 Å². The summed E-state index contributed by atoms with van der Waals surface area (Å²) in [6.07, 6.45) is -1.96. The Bertz CT molecular complexity index is 549. The number of rotatable bonds is 3. The van der Waals surface area contributed by atoms with E-state index in [1.165, 1.54) is 11.7 Å². The average Bonchev–Trinajstić information content (AvgIpc) is 2.70. The second-order valence-electron chi connectivity index (χ2n) is 4.77. The van der Waals surface area contributed by atoms with Crippen LogP contribution in [0.4, 0.5) is 14.9 Å². The molecule has 2 unspecified atom stereocenters. The third-order valence-corrected chi connectivity index (χ3v) is 3.41. The monoisotopic (exact) mass is 302 g/mol. The molecule has 0 bridgehead atoms. The van der Waals surface area contributed by atoms with E-state index in [-0.39, 0.29) is 30.8 Å². The number of nitro groups is 1. The van der Waals surface area contributed by atoms with Gasteiger partial charge in [-0.2, -0.15) is 5.10 Å². The van der Waals surface area contributed by atoms with Crippen molar-refractivity contribution in [3.63, 3.8) is 0 Å². The zero-order chi connectivity index (χ0) is 15.6. The number of aryl methyl sites for hydroxylation is 1. The van der Waals surface area contributed by atoms with E-state index in [9.17, 15) is 19.3 Å². The van der Waals surface area contributed by atoms with Gasteiger partial charge in [-0.3, -0.25) is 14.8 Å². The van der Waals surface area contributed by atoms with E-state index in [0.717, 1.165) is 6.20 Å². The molecule has 0 spiro atoms. The molecule has 1 fully saturated rings. The molecule has 0 aromatic carbocycles. The molecule has 2 heterocycles. The van der Waals surface area contributed by atoms with Gasteiger partial charge >= 0.3 is 11.8 Å². The van der Waals surface area contributed by atoms with Crippen LogP contribution in [0, 0.1) is 10.1 Å². The van der Waals surface area contributed by atoms with Gasteiger partial charge in [0.1, 0.15) is 24.2 Å². The van der Waals surface area contributed by atoms with E-state index >= 15 is 0 Å².